The van der Waals surface area contributed by atoms with E-state index in [2.05, 4.69) is 32.9 Å². The molecule has 2 aliphatic heterocycles. The Balaban J connectivity index is 1.49. The number of aromatic nitrogens is 2. The molecule has 0 radical (unpaired) electrons. The summed E-state index contributed by atoms with van der Waals surface area (Å²) >= 11 is 1.24. The van der Waals surface area contributed by atoms with Gasteiger partial charge in [-0.25, -0.2) is 4.79 Å². The standard InChI is InChI=1S/C22H28N6O3S/c23-22(30)27-19-11-18(32-20(19)21(29)26-16-3-1-2-8-24-13-16)5-4-15-12-25-28(14-15)17-6-9-31-10-7-17/h11-12,14,16-17,24H,1-3,6-10,13H2,(H,26,29)(H3,23,27,30). The zero-order chi connectivity index (χ0) is 22.3. The van der Waals surface area contributed by atoms with Crippen molar-refractivity contribution >= 4 is 29.0 Å². The summed E-state index contributed by atoms with van der Waals surface area (Å²) in [4.78, 5) is 25.4. The minimum absolute atomic E-state index is 0.0547. The molecule has 0 aromatic carbocycles. The maximum Gasteiger partial charge on any atom is 0.316 e. The Labute approximate surface area is 191 Å². The van der Waals surface area contributed by atoms with Gasteiger partial charge in [-0.15, -0.1) is 11.3 Å². The summed E-state index contributed by atoms with van der Waals surface area (Å²) in [6, 6.07) is 1.36. The van der Waals surface area contributed by atoms with Crippen molar-refractivity contribution < 1.29 is 14.3 Å². The molecule has 5 N–H and O–H groups in total. The predicted octanol–water partition coefficient (Wildman–Crippen LogP) is 2.06. The van der Waals surface area contributed by atoms with Gasteiger partial charge in [-0.05, 0) is 38.3 Å². The van der Waals surface area contributed by atoms with Gasteiger partial charge >= 0.3 is 6.03 Å². The summed E-state index contributed by atoms with van der Waals surface area (Å²) in [6.45, 7) is 3.19. The maximum absolute atomic E-state index is 12.9. The lowest BCUT2D eigenvalue weighted by Crippen LogP contribution is -2.40. The van der Waals surface area contributed by atoms with Gasteiger partial charge in [-0.2, -0.15) is 5.10 Å². The molecule has 0 saturated carbocycles. The van der Waals surface area contributed by atoms with Crippen molar-refractivity contribution in [2.75, 3.05) is 31.6 Å². The van der Waals surface area contributed by atoms with Crippen LogP contribution in [0.3, 0.4) is 0 Å². The number of rotatable bonds is 4. The molecule has 2 fully saturated rings. The Kier molecular flexibility index (Phi) is 7.42. The van der Waals surface area contributed by atoms with Gasteiger partial charge in [-0.1, -0.05) is 18.3 Å². The van der Waals surface area contributed by atoms with Crippen LogP contribution in [0.1, 0.15) is 58.3 Å². The van der Waals surface area contributed by atoms with E-state index in [1.807, 2.05) is 10.9 Å². The first-order valence-corrected chi connectivity index (χ1v) is 11.8. The van der Waals surface area contributed by atoms with Crippen molar-refractivity contribution in [1.82, 2.24) is 20.4 Å². The first-order chi connectivity index (χ1) is 15.6. The molecule has 10 heteroatoms. The minimum Gasteiger partial charge on any atom is -0.381 e. The largest absolute Gasteiger partial charge is 0.381 e. The van der Waals surface area contributed by atoms with E-state index in [4.69, 9.17) is 10.5 Å². The third kappa shape index (κ3) is 5.88. The molecule has 2 aliphatic rings. The lowest BCUT2D eigenvalue weighted by atomic mass is 10.1. The molecule has 9 nitrogen and oxygen atoms in total. The number of hydrogen-bond acceptors (Lipinski definition) is 6. The first kappa shape index (κ1) is 22.3. The van der Waals surface area contributed by atoms with Gasteiger partial charge in [-0.3, -0.25) is 9.48 Å². The fourth-order valence-electron chi connectivity index (χ4n) is 3.93. The Morgan fingerprint density at radius 3 is 2.91 bits per heavy atom. The molecule has 2 aromatic rings. The molecule has 3 amide bonds. The SMILES string of the molecule is NC(=O)Nc1cc(C#Cc2cnn(C3CCOCC3)c2)sc1C(=O)NC1CCCCNC1. The van der Waals surface area contributed by atoms with E-state index in [0.29, 0.717) is 21.5 Å². The molecule has 0 aliphatic carbocycles. The molecule has 4 rings (SSSR count). The average molecular weight is 457 g/mol. The number of nitrogens with zero attached hydrogens (tertiary/aromatic N) is 2. The van der Waals surface area contributed by atoms with Gasteiger partial charge in [0.25, 0.3) is 5.91 Å². The van der Waals surface area contributed by atoms with Gasteiger partial charge in [0, 0.05) is 32.0 Å². The summed E-state index contributed by atoms with van der Waals surface area (Å²) in [7, 11) is 0. The van der Waals surface area contributed by atoms with Gasteiger partial charge in [0.2, 0.25) is 0 Å². The van der Waals surface area contributed by atoms with Crippen molar-refractivity contribution in [2.24, 2.45) is 5.73 Å². The van der Waals surface area contributed by atoms with Gasteiger partial charge in [0.05, 0.1) is 28.4 Å². The molecule has 4 heterocycles. The minimum atomic E-state index is -0.717. The second kappa shape index (κ2) is 10.6. The summed E-state index contributed by atoms with van der Waals surface area (Å²) < 4.78 is 7.35. The lowest BCUT2D eigenvalue weighted by Gasteiger charge is -2.22. The van der Waals surface area contributed by atoms with E-state index in [1.54, 1.807) is 12.3 Å². The van der Waals surface area contributed by atoms with E-state index >= 15 is 0 Å². The van der Waals surface area contributed by atoms with Crippen molar-refractivity contribution in [3.8, 4) is 11.8 Å². The normalized spacial score (nSPS) is 19.4. The molecule has 0 bridgehead atoms. The molecular weight excluding hydrogens is 428 g/mol. The quantitative estimate of drug-likeness (QED) is 0.525. The van der Waals surface area contributed by atoms with Crippen molar-refractivity contribution in [1.29, 1.82) is 0 Å². The van der Waals surface area contributed by atoms with E-state index in [-0.39, 0.29) is 11.9 Å². The number of hydrogen-bond donors (Lipinski definition) is 4. The number of carbonyl (C=O) groups is 2. The average Bonchev–Trinajstić information content (AvgIpc) is 3.33. The zero-order valence-corrected chi connectivity index (χ0v) is 18.7. The molecule has 2 aromatic heterocycles. The number of urea groups is 1. The maximum atomic E-state index is 12.9. The van der Waals surface area contributed by atoms with Crippen LogP contribution in [0.5, 0.6) is 0 Å². The van der Waals surface area contributed by atoms with Crippen LogP contribution in [-0.4, -0.2) is 54.1 Å². The fraction of sp³-hybridized carbons (Fsp3) is 0.500. The molecule has 0 spiro atoms. The molecule has 32 heavy (non-hydrogen) atoms. The fourth-order valence-corrected chi connectivity index (χ4v) is 4.80. The molecule has 1 unspecified atom stereocenters. The second-order valence-corrected chi connectivity index (χ2v) is 9.07. The highest BCUT2D eigenvalue weighted by Crippen LogP contribution is 2.27. The monoisotopic (exact) mass is 456 g/mol. The number of anilines is 1. The Morgan fingerprint density at radius 2 is 2.09 bits per heavy atom. The van der Waals surface area contributed by atoms with Crippen LogP contribution in [-0.2, 0) is 4.74 Å². The van der Waals surface area contributed by atoms with E-state index < -0.39 is 6.03 Å². The van der Waals surface area contributed by atoms with E-state index in [1.165, 1.54) is 11.3 Å². The van der Waals surface area contributed by atoms with Crippen LogP contribution >= 0.6 is 11.3 Å². The molecule has 170 valence electrons. The Morgan fingerprint density at radius 1 is 1.25 bits per heavy atom. The van der Waals surface area contributed by atoms with Gasteiger partial charge in [0.1, 0.15) is 4.88 Å². The highest BCUT2D eigenvalue weighted by atomic mass is 32.1. The van der Waals surface area contributed by atoms with Gasteiger partial charge < -0.3 is 26.4 Å². The Hall–Kier alpha value is -2.87. The predicted molar refractivity (Wildman–Crippen MR) is 123 cm³/mol. The number of primary amides is 1. The summed E-state index contributed by atoms with van der Waals surface area (Å²) in [5.41, 5.74) is 6.48. The third-order valence-corrected chi connectivity index (χ3v) is 6.62. The van der Waals surface area contributed by atoms with E-state index in [0.717, 1.165) is 64.0 Å². The molecular formula is C22H28N6O3S. The number of nitrogens with two attached hydrogens (primary N) is 1. The Bertz CT molecular complexity index is 1010. The smallest absolute Gasteiger partial charge is 0.316 e. The topological polar surface area (TPSA) is 123 Å². The van der Waals surface area contributed by atoms with Crippen molar-refractivity contribution in [3.63, 3.8) is 0 Å². The first-order valence-electron chi connectivity index (χ1n) is 10.9. The van der Waals surface area contributed by atoms with Gasteiger partial charge in [0.15, 0.2) is 0 Å². The number of thiophene rings is 1. The molecule has 2 saturated heterocycles. The van der Waals surface area contributed by atoms with Crippen LogP contribution < -0.4 is 21.7 Å². The summed E-state index contributed by atoms with van der Waals surface area (Å²) in [5, 5.41) is 13.4. The number of ether oxygens (including phenoxy) is 1. The van der Waals surface area contributed by atoms with E-state index in [9.17, 15) is 9.59 Å². The summed E-state index contributed by atoms with van der Waals surface area (Å²) in [6.07, 6.45) is 8.65. The van der Waals surface area contributed by atoms with Crippen molar-refractivity contribution in [2.45, 2.75) is 44.2 Å². The third-order valence-electron chi connectivity index (χ3n) is 5.57. The van der Waals surface area contributed by atoms with Crippen LogP contribution in [0.2, 0.25) is 0 Å². The van der Waals surface area contributed by atoms with Crippen LogP contribution in [0, 0.1) is 11.8 Å². The zero-order valence-electron chi connectivity index (χ0n) is 17.9. The summed E-state index contributed by atoms with van der Waals surface area (Å²) in [5.74, 6) is 5.96. The number of amides is 3. The second-order valence-electron chi connectivity index (χ2n) is 8.02. The number of nitrogens with one attached hydrogen (secondary N) is 3. The highest BCUT2D eigenvalue weighted by molar-refractivity contribution is 7.15. The number of carbonyl (C=O) groups excluding carboxylic acids is 2. The lowest BCUT2D eigenvalue weighted by molar-refractivity contribution is 0.0662. The van der Waals surface area contributed by atoms with Crippen LogP contribution in [0.15, 0.2) is 18.5 Å². The highest BCUT2D eigenvalue weighted by Gasteiger charge is 2.21. The van der Waals surface area contributed by atoms with Crippen LogP contribution in [0.25, 0.3) is 0 Å². The van der Waals surface area contributed by atoms with Crippen LogP contribution in [0.4, 0.5) is 10.5 Å². The van der Waals surface area contributed by atoms with Crippen molar-refractivity contribution in [3.05, 3.63) is 33.8 Å². The molecule has 1 atom stereocenters.